The summed E-state index contributed by atoms with van der Waals surface area (Å²) in [6.07, 6.45) is -0.374. The molecule has 0 spiro atoms. The van der Waals surface area contributed by atoms with Crippen LogP contribution < -0.4 is 4.90 Å². The van der Waals surface area contributed by atoms with Gasteiger partial charge in [0, 0.05) is 13.1 Å². The van der Waals surface area contributed by atoms with Gasteiger partial charge < -0.3 is 10.0 Å². The van der Waals surface area contributed by atoms with Crippen LogP contribution >= 0.6 is 0 Å². The third-order valence-electron chi connectivity index (χ3n) is 3.78. The van der Waals surface area contributed by atoms with Crippen molar-refractivity contribution < 1.29 is 18.3 Å². The molecule has 0 amide bonds. The van der Waals surface area contributed by atoms with E-state index in [1.165, 1.54) is 0 Å². The summed E-state index contributed by atoms with van der Waals surface area (Å²) in [5, 5.41) is 8.01. The number of benzene rings is 1. The van der Waals surface area contributed by atoms with E-state index >= 15 is 0 Å². The standard InChI is InChI=1S/C13H17NO4S/c1-8-5-4-6-10-13(8)14(3)9(2)11(7-12(15)16)19(10,17)18/h4-6,9,11H,7H2,1-3H3,(H,15,16). The molecule has 1 aromatic rings. The predicted octanol–water partition coefficient (Wildman–Crippen LogP) is 1.45. The van der Waals surface area contributed by atoms with Crippen LogP contribution in [0.25, 0.3) is 0 Å². The number of nitrogens with zero attached hydrogens (tertiary/aromatic N) is 1. The number of aliphatic carboxylic acids is 1. The van der Waals surface area contributed by atoms with Gasteiger partial charge >= 0.3 is 5.97 Å². The van der Waals surface area contributed by atoms with Gasteiger partial charge in [-0.2, -0.15) is 0 Å². The van der Waals surface area contributed by atoms with Crippen molar-refractivity contribution in [3.8, 4) is 0 Å². The van der Waals surface area contributed by atoms with Crippen LogP contribution in [0.15, 0.2) is 23.1 Å². The highest BCUT2D eigenvalue weighted by atomic mass is 32.2. The molecule has 19 heavy (non-hydrogen) atoms. The van der Waals surface area contributed by atoms with Crippen molar-refractivity contribution in [3.05, 3.63) is 23.8 Å². The van der Waals surface area contributed by atoms with E-state index in [1.54, 1.807) is 26.1 Å². The number of para-hydroxylation sites is 1. The summed E-state index contributed by atoms with van der Waals surface area (Å²) in [7, 11) is -1.80. The Kier molecular flexibility index (Phi) is 3.30. The largest absolute Gasteiger partial charge is 0.481 e. The number of fused-ring (bicyclic) bond motifs is 1. The van der Waals surface area contributed by atoms with Crippen LogP contribution in [0.1, 0.15) is 18.9 Å². The summed E-state index contributed by atoms with van der Waals surface area (Å²) >= 11 is 0. The number of rotatable bonds is 2. The zero-order valence-corrected chi connectivity index (χ0v) is 11.9. The number of carbonyl (C=O) groups is 1. The molecule has 1 aliphatic rings. The third-order valence-corrected chi connectivity index (χ3v) is 6.08. The lowest BCUT2D eigenvalue weighted by molar-refractivity contribution is -0.137. The first kappa shape index (κ1) is 13.9. The van der Waals surface area contributed by atoms with Gasteiger partial charge in [0.15, 0.2) is 9.84 Å². The highest BCUT2D eigenvalue weighted by Gasteiger charge is 2.42. The second-order valence-electron chi connectivity index (χ2n) is 4.95. The Bertz CT molecular complexity index is 624. The van der Waals surface area contributed by atoms with Crippen LogP contribution in [0.5, 0.6) is 0 Å². The van der Waals surface area contributed by atoms with Crippen LogP contribution in [0, 0.1) is 6.92 Å². The molecule has 2 unspecified atom stereocenters. The quantitative estimate of drug-likeness (QED) is 0.889. The molecule has 0 aliphatic carbocycles. The van der Waals surface area contributed by atoms with E-state index in [0.717, 1.165) is 5.56 Å². The fourth-order valence-electron chi connectivity index (χ4n) is 2.64. The van der Waals surface area contributed by atoms with Crippen molar-refractivity contribution >= 4 is 21.5 Å². The van der Waals surface area contributed by atoms with Crippen LogP contribution in [0.2, 0.25) is 0 Å². The molecule has 5 nitrogen and oxygen atoms in total. The molecule has 1 N–H and O–H groups in total. The van der Waals surface area contributed by atoms with E-state index in [-0.39, 0.29) is 17.4 Å². The summed E-state index contributed by atoms with van der Waals surface area (Å²) in [5.41, 5.74) is 1.56. The van der Waals surface area contributed by atoms with Crippen molar-refractivity contribution in [2.75, 3.05) is 11.9 Å². The first-order valence-corrected chi connectivity index (χ1v) is 7.59. The summed E-state index contributed by atoms with van der Waals surface area (Å²) < 4.78 is 25.1. The monoisotopic (exact) mass is 283 g/mol. The van der Waals surface area contributed by atoms with Crippen molar-refractivity contribution in [1.29, 1.82) is 0 Å². The molecule has 2 atom stereocenters. The number of sulfone groups is 1. The summed E-state index contributed by atoms with van der Waals surface area (Å²) in [6, 6.07) is 4.73. The van der Waals surface area contributed by atoms with Gasteiger partial charge in [-0.15, -0.1) is 0 Å². The van der Waals surface area contributed by atoms with Crippen LogP contribution in [0.4, 0.5) is 5.69 Å². The maximum atomic E-state index is 12.6. The average molecular weight is 283 g/mol. The zero-order valence-electron chi connectivity index (χ0n) is 11.1. The van der Waals surface area contributed by atoms with E-state index in [0.29, 0.717) is 5.69 Å². The van der Waals surface area contributed by atoms with E-state index in [9.17, 15) is 13.2 Å². The number of aryl methyl sites for hydroxylation is 1. The van der Waals surface area contributed by atoms with Gasteiger partial charge in [-0.3, -0.25) is 4.79 Å². The lowest BCUT2D eigenvalue weighted by Crippen LogP contribution is -2.49. The Morgan fingerprint density at radius 1 is 1.42 bits per heavy atom. The van der Waals surface area contributed by atoms with Gasteiger partial charge in [-0.05, 0) is 25.5 Å². The summed E-state index contributed by atoms with van der Waals surface area (Å²) in [6.45, 7) is 3.61. The lowest BCUT2D eigenvalue weighted by Gasteiger charge is -2.39. The Hall–Kier alpha value is -1.56. The van der Waals surface area contributed by atoms with Gasteiger partial charge in [0.1, 0.15) is 0 Å². The molecule has 0 bridgehead atoms. The highest BCUT2D eigenvalue weighted by Crippen LogP contribution is 2.39. The molecule has 104 valence electrons. The van der Waals surface area contributed by atoms with E-state index in [1.807, 2.05) is 17.9 Å². The summed E-state index contributed by atoms with van der Waals surface area (Å²) in [5.74, 6) is -1.09. The van der Waals surface area contributed by atoms with Gasteiger partial charge in [0.2, 0.25) is 0 Å². The third kappa shape index (κ3) is 2.10. The normalized spacial score (nSPS) is 24.9. The number of carboxylic acids is 1. The molecule has 6 heteroatoms. The van der Waals surface area contributed by atoms with E-state index in [4.69, 9.17) is 5.11 Å². The molecule has 0 radical (unpaired) electrons. The van der Waals surface area contributed by atoms with E-state index < -0.39 is 21.1 Å². The number of hydrogen-bond donors (Lipinski definition) is 1. The molecule has 0 saturated heterocycles. The van der Waals surface area contributed by atoms with Crippen LogP contribution in [0.3, 0.4) is 0 Å². The smallest absolute Gasteiger partial charge is 0.304 e. The molecule has 1 aromatic carbocycles. The lowest BCUT2D eigenvalue weighted by atomic mass is 10.1. The Labute approximate surface area is 112 Å². The SMILES string of the molecule is Cc1cccc2c1N(C)C(C)C(CC(=O)O)S2(=O)=O. The van der Waals surface area contributed by atoms with Crippen molar-refractivity contribution in [1.82, 2.24) is 0 Å². The molecule has 1 aliphatic heterocycles. The van der Waals surface area contributed by atoms with Gasteiger partial charge in [0.05, 0.1) is 22.3 Å². The highest BCUT2D eigenvalue weighted by molar-refractivity contribution is 7.92. The molecular weight excluding hydrogens is 266 g/mol. The molecule has 0 fully saturated rings. The number of carboxylic acid groups (broad SMARTS) is 1. The molecule has 0 saturated carbocycles. The zero-order chi connectivity index (χ0) is 14.4. The van der Waals surface area contributed by atoms with Crippen LogP contribution in [-0.2, 0) is 14.6 Å². The predicted molar refractivity (Wildman–Crippen MR) is 72.3 cm³/mol. The minimum atomic E-state index is -3.61. The Morgan fingerprint density at radius 3 is 2.63 bits per heavy atom. The fourth-order valence-corrected chi connectivity index (χ4v) is 4.87. The second-order valence-corrected chi connectivity index (χ2v) is 7.09. The molecule has 2 rings (SSSR count). The maximum Gasteiger partial charge on any atom is 0.304 e. The maximum absolute atomic E-state index is 12.6. The number of hydrogen-bond acceptors (Lipinski definition) is 4. The van der Waals surface area contributed by atoms with Crippen LogP contribution in [-0.4, -0.2) is 37.8 Å². The minimum absolute atomic E-state index is 0.236. The van der Waals surface area contributed by atoms with Gasteiger partial charge in [-0.25, -0.2) is 8.42 Å². The topological polar surface area (TPSA) is 74.7 Å². The molecule has 0 aromatic heterocycles. The fraction of sp³-hybridized carbons (Fsp3) is 0.462. The average Bonchev–Trinajstić information content (AvgIpc) is 2.32. The first-order chi connectivity index (χ1) is 8.76. The minimum Gasteiger partial charge on any atom is -0.481 e. The van der Waals surface area contributed by atoms with Crippen molar-refractivity contribution in [2.45, 2.75) is 36.5 Å². The molecular formula is C13H17NO4S. The number of anilines is 1. The first-order valence-electron chi connectivity index (χ1n) is 6.05. The summed E-state index contributed by atoms with van der Waals surface area (Å²) in [4.78, 5) is 13.0. The van der Waals surface area contributed by atoms with Crippen molar-refractivity contribution in [2.24, 2.45) is 0 Å². The second kappa shape index (κ2) is 4.52. The van der Waals surface area contributed by atoms with Gasteiger partial charge in [-0.1, -0.05) is 12.1 Å². The Morgan fingerprint density at radius 2 is 2.05 bits per heavy atom. The Balaban J connectivity index is 2.66. The van der Waals surface area contributed by atoms with Gasteiger partial charge in [0.25, 0.3) is 0 Å². The van der Waals surface area contributed by atoms with E-state index in [2.05, 4.69) is 0 Å². The molecule has 1 heterocycles. The van der Waals surface area contributed by atoms with Crippen molar-refractivity contribution in [3.63, 3.8) is 0 Å².